The molecule has 0 atom stereocenters. The second-order valence-electron chi connectivity index (χ2n) is 3.76. The van der Waals surface area contributed by atoms with E-state index in [9.17, 15) is 0 Å². The third-order valence-corrected chi connectivity index (χ3v) is 2.51. The van der Waals surface area contributed by atoms with Gasteiger partial charge in [-0.1, -0.05) is 0 Å². The van der Waals surface area contributed by atoms with Crippen LogP contribution < -0.4 is 4.57 Å². The maximum Gasteiger partial charge on any atom is 0.383 e. The zero-order valence-corrected chi connectivity index (χ0v) is 10.8. The van der Waals surface area contributed by atoms with Gasteiger partial charge in [0.05, 0.1) is 13.7 Å². The van der Waals surface area contributed by atoms with Crippen LogP contribution in [0.2, 0.25) is 0 Å². The lowest BCUT2D eigenvalue weighted by Gasteiger charge is -1.98. The van der Waals surface area contributed by atoms with Crippen LogP contribution in [0.3, 0.4) is 0 Å². The minimum absolute atomic E-state index is 0.204. The van der Waals surface area contributed by atoms with Crippen molar-refractivity contribution in [3.63, 3.8) is 0 Å². The van der Waals surface area contributed by atoms with Crippen molar-refractivity contribution in [3.8, 4) is 23.9 Å². The molecule has 1 rings (SSSR count). The fraction of sp³-hybridized carbons (Fsp3) is 0.364. The number of nitriles is 4. The second-order valence-corrected chi connectivity index (χ2v) is 3.76. The van der Waals surface area contributed by atoms with Gasteiger partial charge in [0.1, 0.15) is 18.9 Å². The fourth-order valence-electron chi connectivity index (χ4n) is 1.12. The molecule has 0 aromatic carbocycles. The lowest BCUT2D eigenvalue weighted by molar-refractivity contribution is -0.703. The fourth-order valence-corrected chi connectivity index (χ4v) is 1.12. The summed E-state index contributed by atoms with van der Waals surface area (Å²) in [6.45, 7) is 2.91. The molecule has 1 N–H and O–H groups in total. The second kappa shape index (κ2) is 7.51. The molecule has 0 aliphatic carbocycles. The monoisotopic (exact) mass is 256 g/mol. The summed E-state index contributed by atoms with van der Waals surface area (Å²) in [4.78, 5) is 0. The highest BCUT2D eigenvalue weighted by Crippen LogP contribution is 1.92. The number of aromatic nitrogens is 2. The molecule has 1 aromatic rings. The summed E-state index contributed by atoms with van der Waals surface area (Å²) in [7, 11) is 1.99. The normalized spacial score (nSPS) is 9.00. The first-order valence-electron chi connectivity index (χ1n) is 5.43. The Morgan fingerprint density at radius 3 is 1.89 bits per heavy atom. The Balaban J connectivity index is 0.000000344. The SMILES string of the molecule is Cc1n(C)cc[n+]1CCO.N#C[B-](C#N)(C#N)C#N. The molecule has 0 aliphatic heterocycles. The van der Waals surface area contributed by atoms with Crippen LogP contribution >= 0.6 is 0 Å². The Kier molecular flexibility index (Phi) is 6.40. The summed E-state index contributed by atoms with van der Waals surface area (Å²) in [5.41, 5.74) is 0. The minimum Gasteiger partial charge on any atom is -0.392 e. The van der Waals surface area contributed by atoms with E-state index in [0.717, 1.165) is 5.82 Å². The predicted octanol–water partition coefficient (Wildman–Crippen LogP) is -0.700. The van der Waals surface area contributed by atoms with Crippen LogP contribution in [-0.2, 0) is 13.6 Å². The van der Waals surface area contributed by atoms with Gasteiger partial charge in [-0.15, -0.1) is 23.9 Å². The molecule has 0 amide bonds. The molecule has 8 heteroatoms. The van der Waals surface area contributed by atoms with Crippen LogP contribution in [0.25, 0.3) is 0 Å². The molecule has 0 spiro atoms. The Bertz CT molecular complexity index is 533. The molecule has 0 bridgehead atoms. The van der Waals surface area contributed by atoms with E-state index < -0.39 is 6.15 Å². The number of imidazole rings is 1. The van der Waals surface area contributed by atoms with E-state index in [-0.39, 0.29) is 6.61 Å². The summed E-state index contributed by atoms with van der Waals surface area (Å²) in [5.74, 6) is 6.54. The van der Waals surface area contributed by atoms with Gasteiger partial charge in [-0.3, -0.25) is 0 Å². The van der Waals surface area contributed by atoms with Crippen LogP contribution in [0.1, 0.15) is 5.82 Å². The molecular formula is C11H13BN6O. The van der Waals surface area contributed by atoms with Crippen LogP contribution in [-0.4, -0.2) is 22.4 Å². The average Bonchev–Trinajstić information content (AvgIpc) is 2.75. The van der Waals surface area contributed by atoms with Crippen molar-refractivity contribution < 1.29 is 9.67 Å². The number of aliphatic hydroxyl groups excluding tert-OH is 1. The molecule has 1 heterocycles. The summed E-state index contributed by atoms with van der Waals surface area (Å²) in [6.07, 6.45) is 1.22. The van der Waals surface area contributed by atoms with Crippen molar-refractivity contribution in [2.45, 2.75) is 13.5 Å². The van der Waals surface area contributed by atoms with Gasteiger partial charge in [0.15, 0.2) is 0 Å². The molecule has 1 aromatic heterocycles. The van der Waals surface area contributed by atoms with Crippen LogP contribution in [0, 0.1) is 51.8 Å². The number of aliphatic hydroxyl groups is 1. The molecule has 0 radical (unpaired) electrons. The topological polar surface area (TPSA) is 124 Å². The van der Waals surface area contributed by atoms with Gasteiger partial charge in [0, 0.05) is 6.92 Å². The van der Waals surface area contributed by atoms with E-state index in [0.29, 0.717) is 6.54 Å². The Labute approximate surface area is 111 Å². The largest absolute Gasteiger partial charge is 0.392 e. The van der Waals surface area contributed by atoms with Gasteiger partial charge in [-0.2, -0.15) is 0 Å². The number of rotatable bonds is 2. The van der Waals surface area contributed by atoms with Gasteiger partial charge in [-0.25, -0.2) is 30.2 Å². The number of hydrogen-bond acceptors (Lipinski definition) is 5. The lowest BCUT2D eigenvalue weighted by atomic mass is 9.30. The van der Waals surface area contributed by atoms with Gasteiger partial charge in [0.25, 0.3) is 5.82 Å². The van der Waals surface area contributed by atoms with Gasteiger partial charge >= 0.3 is 6.15 Å². The first kappa shape index (κ1) is 16.2. The number of hydrogen-bond donors (Lipinski definition) is 1. The van der Waals surface area contributed by atoms with Crippen molar-refractivity contribution in [2.75, 3.05) is 6.61 Å². The predicted molar refractivity (Wildman–Crippen MR) is 65.6 cm³/mol. The zero-order valence-electron chi connectivity index (χ0n) is 10.8. The third-order valence-electron chi connectivity index (χ3n) is 2.51. The van der Waals surface area contributed by atoms with Crippen LogP contribution in [0.5, 0.6) is 0 Å². The summed E-state index contributed by atoms with van der Waals surface area (Å²) >= 11 is 0. The van der Waals surface area contributed by atoms with Crippen molar-refractivity contribution in [2.24, 2.45) is 7.05 Å². The number of nitrogens with zero attached hydrogens (tertiary/aromatic N) is 6. The highest BCUT2D eigenvalue weighted by Gasteiger charge is 2.22. The minimum atomic E-state index is -2.72. The van der Waals surface area contributed by atoms with Gasteiger partial charge in [-0.05, 0) is 0 Å². The number of aryl methyl sites for hydroxylation is 1. The molecule has 96 valence electrons. The third kappa shape index (κ3) is 4.17. The van der Waals surface area contributed by atoms with E-state index in [1.54, 1.807) is 0 Å². The van der Waals surface area contributed by atoms with Crippen LogP contribution in [0.4, 0.5) is 0 Å². The standard InChI is InChI=1S/C7H13N2O.C4BN4/c1-7-8(2)3-4-9(7)5-6-10;6-1-5(2-7,3-8)4-9/h3-4,10H,5-6H2,1-2H3;/q+1;-1. The molecular weight excluding hydrogens is 243 g/mol. The first-order valence-corrected chi connectivity index (χ1v) is 5.43. The summed E-state index contributed by atoms with van der Waals surface area (Å²) in [6, 6.07) is 0. The highest BCUT2D eigenvalue weighted by molar-refractivity contribution is 7.05. The molecule has 0 saturated carbocycles. The van der Waals surface area contributed by atoms with E-state index in [2.05, 4.69) is 0 Å². The van der Waals surface area contributed by atoms with Crippen molar-refractivity contribution in [1.29, 1.82) is 21.0 Å². The molecule has 0 saturated heterocycles. The van der Waals surface area contributed by atoms with Crippen molar-refractivity contribution in [1.82, 2.24) is 4.57 Å². The van der Waals surface area contributed by atoms with E-state index >= 15 is 0 Å². The molecule has 0 aliphatic rings. The molecule has 19 heavy (non-hydrogen) atoms. The maximum atomic E-state index is 8.62. The molecule has 7 nitrogen and oxygen atoms in total. The van der Waals surface area contributed by atoms with Crippen molar-refractivity contribution >= 4 is 6.15 Å². The van der Waals surface area contributed by atoms with Crippen LogP contribution in [0.15, 0.2) is 12.4 Å². The maximum absolute atomic E-state index is 8.62. The highest BCUT2D eigenvalue weighted by atomic mass is 16.3. The average molecular weight is 256 g/mol. The smallest absolute Gasteiger partial charge is 0.383 e. The van der Waals surface area contributed by atoms with Crippen molar-refractivity contribution in [3.05, 3.63) is 18.2 Å². The molecule has 0 unspecified atom stereocenters. The van der Waals surface area contributed by atoms with E-state index in [1.807, 2.05) is 35.5 Å². The lowest BCUT2D eigenvalue weighted by Crippen LogP contribution is -2.36. The Hall–Kier alpha value is -2.81. The molecule has 0 fully saturated rings. The zero-order chi connectivity index (χ0) is 14.9. The first-order chi connectivity index (χ1) is 9.00. The Morgan fingerprint density at radius 1 is 1.21 bits per heavy atom. The summed E-state index contributed by atoms with van der Waals surface area (Å²) in [5, 5.41) is 41.0. The van der Waals surface area contributed by atoms with Gasteiger partial charge in [0.2, 0.25) is 0 Å². The van der Waals surface area contributed by atoms with E-state index in [1.165, 1.54) is 23.9 Å². The Morgan fingerprint density at radius 2 is 1.68 bits per heavy atom. The van der Waals surface area contributed by atoms with Gasteiger partial charge < -0.3 is 5.11 Å². The quantitative estimate of drug-likeness (QED) is 0.553. The van der Waals surface area contributed by atoms with E-state index in [4.69, 9.17) is 26.2 Å². The summed E-state index contributed by atoms with van der Waals surface area (Å²) < 4.78 is 4.04.